The predicted octanol–water partition coefficient (Wildman–Crippen LogP) is 4.36. The predicted molar refractivity (Wildman–Crippen MR) is 88.2 cm³/mol. The van der Waals surface area contributed by atoms with Crippen LogP contribution in [0.1, 0.15) is 58.4 Å². The molecule has 0 aliphatic heterocycles. The first-order valence-corrected chi connectivity index (χ1v) is 8.36. The molecule has 0 saturated carbocycles. The molecule has 21 heavy (non-hydrogen) atoms. The SMILES string of the molecule is CCC(CC)N(CC(C)C)c1sc(C(C)O)cc1[N+](=O)[O-]. The van der Waals surface area contributed by atoms with E-state index in [1.165, 1.54) is 17.4 Å². The highest BCUT2D eigenvalue weighted by Gasteiger charge is 2.28. The first-order valence-electron chi connectivity index (χ1n) is 7.54. The van der Waals surface area contributed by atoms with Crippen LogP contribution in [0.2, 0.25) is 0 Å². The molecular weight excluding hydrogens is 288 g/mol. The monoisotopic (exact) mass is 314 g/mol. The van der Waals surface area contributed by atoms with Crippen molar-refractivity contribution in [3.63, 3.8) is 0 Å². The van der Waals surface area contributed by atoms with Gasteiger partial charge in [0.2, 0.25) is 0 Å². The number of rotatable bonds is 8. The van der Waals surface area contributed by atoms with Crippen molar-refractivity contribution in [3.05, 3.63) is 21.1 Å². The lowest BCUT2D eigenvalue weighted by molar-refractivity contribution is -0.383. The summed E-state index contributed by atoms with van der Waals surface area (Å²) in [5.41, 5.74) is 0.114. The van der Waals surface area contributed by atoms with Gasteiger partial charge in [-0.15, -0.1) is 11.3 Å². The van der Waals surface area contributed by atoms with Crippen LogP contribution in [0, 0.1) is 16.0 Å². The minimum Gasteiger partial charge on any atom is -0.388 e. The van der Waals surface area contributed by atoms with E-state index < -0.39 is 6.10 Å². The highest BCUT2D eigenvalue weighted by Crippen LogP contribution is 2.41. The van der Waals surface area contributed by atoms with Gasteiger partial charge < -0.3 is 10.0 Å². The van der Waals surface area contributed by atoms with Crippen LogP contribution in [-0.4, -0.2) is 22.6 Å². The number of nitrogens with zero attached hydrogens (tertiary/aromatic N) is 2. The Morgan fingerprint density at radius 2 is 1.90 bits per heavy atom. The molecule has 0 radical (unpaired) electrons. The van der Waals surface area contributed by atoms with Crippen molar-refractivity contribution in [1.29, 1.82) is 0 Å². The molecule has 1 rings (SSSR count). The van der Waals surface area contributed by atoms with Crippen LogP contribution in [0.5, 0.6) is 0 Å². The maximum Gasteiger partial charge on any atom is 0.304 e. The number of nitro groups is 1. The Labute approximate surface area is 130 Å². The fraction of sp³-hybridized carbons (Fsp3) is 0.733. The summed E-state index contributed by atoms with van der Waals surface area (Å²) >= 11 is 1.34. The van der Waals surface area contributed by atoms with Crippen LogP contribution in [0.25, 0.3) is 0 Å². The van der Waals surface area contributed by atoms with E-state index in [-0.39, 0.29) is 16.7 Å². The smallest absolute Gasteiger partial charge is 0.304 e. The highest BCUT2D eigenvalue weighted by molar-refractivity contribution is 7.16. The molecular formula is C15H26N2O3S. The zero-order valence-electron chi connectivity index (χ0n) is 13.5. The zero-order chi connectivity index (χ0) is 16.2. The van der Waals surface area contributed by atoms with Gasteiger partial charge in [-0.3, -0.25) is 10.1 Å². The second kappa shape index (κ2) is 7.75. The summed E-state index contributed by atoms with van der Waals surface area (Å²) in [6.07, 6.45) is 1.22. The Bertz CT molecular complexity index is 467. The molecule has 0 bridgehead atoms. The van der Waals surface area contributed by atoms with Gasteiger partial charge in [-0.2, -0.15) is 0 Å². The van der Waals surface area contributed by atoms with Gasteiger partial charge in [-0.1, -0.05) is 27.7 Å². The molecule has 0 aliphatic carbocycles. The van der Waals surface area contributed by atoms with Gasteiger partial charge in [0.05, 0.1) is 11.0 Å². The normalized spacial score (nSPS) is 13.0. The average Bonchev–Trinajstić information content (AvgIpc) is 2.83. The molecule has 5 nitrogen and oxygen atoms in total. The summed E-state index contributed by atoms with van der Waals surface area (Å²) in [6, 6.07) is 1.80. The van der Waals surface area contributed by atoms with Crippen LogP contribution in [0.15, 0.2) is 6.07 Å². The molecule has 0 saturated heterocycles. The van der Waals surface area contributed by atoms with E-state index in [2.05, 4.69) is 32.6 Å². The summed E-state index contributed by atoms with van der Waals surface area (Å²) in [7, 11) is 0. The molecule has 0 spiro atoms. The Kier molecular flexibility index (Phi) is 6.61. The zero-order valence-corrected chi connectivity index (χ0v) is 14.3. The molecule has 0 amide bonds. The molecule has 120 valence electrons. The lowest BCUT2D eigenvalue weighted by atomic mass is 10.1. The lowest BCUT2D eigenvalue weighted by Crippen LogP contribution is -2.37. The van der Waals surface area contributed by atoms with Crippen LogP contribution in [0.4, 0.5) is 10.7 Å². The fourth-order valence-corrected chi connectivity index (χ4v) is 3.60. The number of hydrogen-bond donors (Lipinski definition) is 1. The third-order valence-corrected chi connectivity index (χ3v) is 4.86. The van der Waals surface area contributed by atoms with Gasteiger partial charge in [-0.05, 0) is 25.7 Å². The summed E-state index contributed by atoms with van der Waals surface area (Å²) in [5.74, 6) is 0.419. The van der Waals surface area contributed by atoms with Crippen LogP contribution in [-0.2, 0) is 0 Å². The highest BCUT2D eigenvalue weighted by atomic mass is 32.1. The summed E-state index contributed by atoms with van der Waals surface area (Å²) in [6.45, 7) is 10.9. The van der Waals surface area contributed by atoms with Crippen molar-refractivity contribution in [2.75, 3.05) is 11.4 Å². The van der Waals surface area contributed by atoms with E-state index >= 15 is 0 Å². The van der Waals surface area contributed by atoms with E-state index in [4.69, 9.17) is 0 Å². The molecule has 0 aliphatic rings. The van der Waals surface area contributed by atoms with Crippen LogP contribution in [0.3, 0.4) is 0 Å². The topological polar surface area (TPSA) is 66.6 Å². The molecule has 1 atom stereocenters. The second-order valence-electron chi connectivity index (χ2n) is 5.79. The summed E-state index contributed by atoms with van der Waals surface area (Å²) < 4.78 is 0. The quantitative estimate of drug-likeness (QED) is 0.572. The maximum absolute atomic E-state index is 11.4. The molecule has 0 aromatic carbocycles. The second-order valence-corrected chi connectivity index (χ2v) is 6.85. The van der Waals surface area contributed by atoms with Crippen molar-refractivity contribution in [2.45, 2.75) is 59.6 Å². The van der Waals surface area contributed by atoms with Crippen molar-refractivity contribution in [3.8, 4) is 0 Å². The summed E-state index contributed by atoms with van der Waals surface area (Å²) in [4.78, 5) is 13.8. The van der Waals surface area contributed by atoms with Gasteiger partial charge in [0.25, 0.3) is 0 Å². The number of aliphatic hydroxyl groups excluding tert-OH is 1. The number of aliphatic hydroxyl groups is 1. The van der Waals surface area contributed by atoms with Crippen molar-refractivity contribution >= 4 is 22.0 Å². The van der Waals surface area contributed by atoms with Crippen molar-refractivity contribution < 1.29 is 10.0 Å². The van der Waals surface area contributed by atoms with Crippen molar-refractivity contribution in [1.82, 2.24) is 0 Å². The Balaban J connectivity index is 3.30. The first kappa shape index (κ1) is 17.9. The largest absolute Gasteiger partial charge is 0.388 e. The van der Waals surface area contributed by atoms with Gasteiger partial charge in [-0.25, -0.2) is 0 Å². The third kappa shape index (κ3) is 4.41. The number of anilines is 1. The molecule has 0 fully saturated rings. The van der Waals surface area contributed by atoms with E-state index in [1.54, 1.807) is 6.92 Å². The van der Waals surface area contributed by atoms with Gasteiger partial charge in [0.1, 0.15) is 0 Å². The minimum absolute atomic E-state index is 0.114. The van der Waals surface area contributed by atoms with Crippen LogP contribution >= 0.6 is 11.3 Å². The Morgan fingerprint density at radius 1 is 1.33 bits per heavy atom. The Morgan fingerprint density at radius 3 is 2.29 bits per heavy atom. The number of hydrogen-bond acceptors (Lipinski definition) is 5. The van der Waals surface area contributed by atoms with E-state index in [1.807, 2.05) is 0 Å². The standard InChI is InChI=1S/C15H26N2O3S/c1-6-12(7-2)16(9-10(3)4)15-13(17(19)20)8-14(21-15)11(5)18/h8,10-12,18H,6-7,9H2,1-5H3. The van der Waals surface area contributed by atoms with Crippen molar-refractivity contribution in [2.24, 2.45) is 5.92 Å². The molecule has 1 N–H and O–H groups in total. The van der Waals surface area contributed by atoms with Gasteiger partial charge >= 0.3 is 5.69 Å². The van der Waals surface area contributed by atoms with E-state index in [9.17, 15) is 15.2 Å². The van der Waals surface area contributed by atoms with Gasteiger partial charge in [0.15, 0.2) is 5.00 Å². The van der Waals surface area contributed by atoms with E-state index in [0.29, 0.717) is 15.8 Å². The molecule has 1 heterocycles. The molecule has 1 aromatic heterocycles. The van der Waals surface area contributed by atoms with E-state index in [0.717, 1.165) is 19.4 Å². The third-order valence-electron chi connectivity index (χ3n) is 3.53. The number of thiophene rings is 1. The maximum atomic E-state index is 11.4. The lowest BCUT2D eigenvalue weighted by Gasteiger charge is -2.32. The first-order chi connectivity index (χ1) is 9.81. The molecule has 1 unspecified atom stereocenters. The Hall–Kier alpha value is -1.14. The fourth-order valence-electron chi connectivity index (χ4n) is 2.45. The molecule has 1 aromatic rings. The average molecular weight is 314 g/mol. The molecule has 6 heteroatoms. The minimum atomic E-state index is -0.676. The van der Waals surface area contributed by atoms with Gasteiger partial charge in [0, 0.05) is 23.5 Å². The summed E-state index contributed by atoms with van der Waals surface area (Å²) in [5, 5.41) is 21.8. The van der Waals surface area contributed by atoms with Crippen LogP contribution < -0.4 is 4.90 Å².